The lowest BCUT2D eigenvalue weighted by Crippen LogP contribution is -2.24. The molecular formula is C15H15ClN2O. The Morgan fingerprint density at radius 2 is 2.21 bits per heavy atom. The summed E-state index contributed by atoms with van der Waals surface area (Å²) in [7, 11) is 0. The van der Waals surface area contributed by atoms with Crippen LogP contribution in [0.2, 0.25) is 5.15 Å². The molecule has 3 nitrogen and oxygen atoms in total. The molecule has 0 aliphatic carbocycles. The number of fused-ring (bicyclic) bond motifs is 1. The Kier molecular flexibility index (Phi) is 4.53. The van der Waals surface area contributed by atoms with E-state index in [1.165, 1.54) is 0 Å². The van der Waals surface area contributed by atoms with E-state index in [1.54, 1.807) is 6.07 Å². The summed E-state index contributed by atoms with van der Waals surface area (Å²) in [6, 6.07) is 9.08. The molecule has 0 spiro atoms. The number of pyridine rings is 1. The number of halogens is 1. The van der Waals surface area contributed by atoms with Crippen molar-refractivity contribution in [3.8, 4) is 0 Å². The average Bonchev–Trinajstić information content (AvgIpc) is 2.42. The van der Waals surface area contributed by atoms with Crippen LogP contribution in [0.3, 0.4) is 0 Å². The highest BCUT2D eigenvalue weighted by molar-refractivity contribution is 6.30. The first-order chi connectivity index (χ1) is 9.22. The Morgan fingerprint density at radius 1 is 1.42 bits per heavy atom. The van der Waals surface area contributed by atoms with Crippen LogP contribution in [0, 0.1) is 0 Å². The SMILES string of the molecule is C/C=C/CCNC(=O)c1cc(Cl)nc2ccccc12. The van der Waals surface area contributed by atoms with Crippen LogP contribution in [-0.2, 0) is 0 Å². The van der Waals surface area contributed by atoms with Crippen molar-refractivity contribution in [2.24, 2.45) is 0 Å². The number of hydrogen-bond acceptors (Lipinski definition) is 2. The van der Waals surface area contributed by atoms with E-state index in [0.717, 1.165) is 17.3 Å². The molecule has 0 unspecified atom stereocenters. The summed E-state index contributed by atoms with van der Waals surface area (Å²) in [5.74, 6) is -0.120. The third-order valence-corrected chi connectivity index (χ3v) is 2.96. The van der Waals surface area contributed by atoms with Gasteiger partial charge in [0.15, 0.2) is 0 Å². The fourth-order valence-corrected chi connectivity index (χ4v) is 2.06. The standard InChI is InChI=1S/C15H15ClN2O/c1-2-3-6-9-17-15(19)12-10-14(16)18-13-8-5-4-7-11(12)13/h2-5,7-8,10H,6,9H2,1H3,(H,17,19)/b3-2+. The van der Waals surface area contributed by atoms with E-state index < -0.39 is 0 Å². The molecule has 0 radical (unpaired) electrons. The van der Waals surface area contributed by atoms with Crippen molar-refractivity contribution in [3.63, 3.8) is 0 Å². The molecule has 0 aliphatic rings. The fraction of sp³-hybridized carbons (Fsp3) is 0.200. The molecule has 0 atom stereocenters. The molecule has 2 aromatic rings. The molecule has 1 amide bonds. The molecule has 19 heavy (non-hydrogen) atoms. The monoisotopic (exact) mass is 274 g/mol. The number of hydrogen-bond donors (Lipinski definition) is 1. The van der Waals surface area contributed by atoms with Gasteiger partial charge < -0.3 is 5.32 Å². The second-order valence-electron chi connectivity index (χ2n) is 4.12. The van der Waals surface area contributed by atoms with Crippen LogP contribution >= 0.6 is 11.6 Å². The molecule has 1 aromatic heterocycles. The van der Waals surface area contributed by atoms with Crippen molar-refractivity contribution in [3.05, 3.63) is 53.2 Å². The van der Waals surface area contributed by atoms with Crippen molar-refractivity contribution < 1.29 is 4.79 Å². The number of carbonyl (C=O) groups is 1. The summed E-state index contributed by atoms with van der Waals surface area (Å²) in [5.41, 5.74) is 1.30. The largest absolute Gasteiger partial charge is 0.352 e. The summed E-state index contributed by atoms with van der Waals surface area (Å²) in [6.45, 7) is 2.56. The molecule has 98 valence electrons. The maximum absolute atomic E-state index is 12.2. The zero-order chi connectivity index (χ0) is 13.7. The zero-order valence-electron chi connectivity index (χ0n) is 10.7. The van der Waals surface area contributed by atoms with Gasteiger partial charge in [-0.1, -0.05) is 42.0 Å². The smallest absolute Gasteiger partial charge is 0.252 e. The van der Waals surface area contributed by atoms with E-state index in [4.69, 9.17) is 11.6 Å². The summed E-state index contributed by atoms with van der Waals surface area (Å²) < 4.78 is 0. The number of allylic oxidation sites excluding steroid dienone is 1. The van der Waals surface area contributed by atoms with Crippen molar-refractivity contribution >= 4 is 28.4 Å². The van der Waals surface area contributed by atoms with Crippen LogP contribution in [0.5, 0.6) is 0 Å². The van der Waals surface area contributed by atoms with Gasteiger partial charge in [0.1, 0.15) is 5.15 Å². The Morgan fingerprint density at radius 3 is 3.00 bits per heavy atom. The highest BCUT2D eigenvalue weighted by Crippen LogP contribution is 2.20. The van der Waals surface area contributed by atoms with Crippen LogP contribution in [0.1, 0.15) is 23.7 Å². The summed E-state index contributed by atoms with van der Waals surface area (Å²) in [5, 5.41) is 4.02. The number of para-hydroxylation sites is 1. The first-order valence-electron chi connectivity index (χ1n) is 6.17. The number of aromatic nitrogens is 1. The third-order valence-electron chi connectivity index (χ3n) is 2.76. The molecule has 0 fully saturated rings. The highest BCUT2D eigenvalue weighted by Gasteiger charge is 2.11. The van der Waals surface area contributed by atoms with Gasteiger partial charge >= 0.3 is 0 Å². The highest BCUT2D eigenvalue weighted by atomic mass is 35.5. The van der Waals surface area contributed by atoms with Crippen LogP contribution in [0.4, 0.5) is 0 Å². The number of rotatable bonds is 4. The van der Waals surface area contributed by atoms with Gasteiger partial charge in [-0.15, -0.1) is 0 Å². The van der Waals surface area contributed by atoms with Gasteiger partial charge in [-0.25, -0.2) is 4.98 Å². The van der Waals surface area contributed by atoms with E-state index in [1.807, 2.05) is 43.3 Å². The maximum Gasteiger partial charge on any atom is 0.252 e. The van der Waals surface area contributed by atoms with Crippen molar-refractivity contribution in [2.45, 2.75) is 13.3 Å². The molecule has 1 N–H and O–H groups in total. The van der Waals surface area contributed by atoms with E-state index in [-0.39, 0.29) is 5.91 Å². The summed E-state index contributed by atoms with van der Waals surface area (Å²) in [6.07, 6.45) is 4.79. The van der Waals surface area contributed by atoms with Crippen LogP contribution in [0.15, 0.2) is 42.5 Å². The summed E-state index contributed by atoms with van der Waals surface area (Å²) >= 11 is 5.95. The second-order valence-corrected chi connectivity index (χ2v) is 4.51. The van der Waals surface area contributed by atoms with E-state index in [0.29, 0.717) is 17.3 Å². The van der Waals surface area contributed by atoms with Crippen molar-refractivity contribution in [1.29, 1.82) is 0 Å². The minimum Gasteiger partial charge on any atom is -0.352 e. The Hall–Kier alpha value is -1.87. The topological polar surface area (TPSA) is 42.0 Å². The van der Waals surface area contributed by atoms with Gasteiger partial charge in [0.05, 0.1) is 11.1 Å². The van der Waals surface area contributed by atoms with Gasteiger partial charge in [-0.05, 0) is 25.5 Å². The Labute approximate surface area is 117 Å². The molecule has 1 aromatic carbocycles. The third kappa shape index (κ3) is 3.32. The minimum atomic E-state index is -0.120. The lowest BCUT2D eigenvalue weighted by Gasteiger charge is -2.07. The molecule has 2 rings (SSSR count). The number of amides is 1. The fourth-order valence-electron chi connectivity index (χ4n) is 1.86. The maximum atomic E-state index is 12.2. The van der Waals surface area contributed by atoms with E-state index in [9.17, 15) is 4.79 Å². The van der Waals surface area contributed by atoms with Crippen LogP contribution in [-0.4, -0.2) is 17.4 Å². The van der Waals surface area contributed by atoms with Crippen molar-refractivity contribution in [1.82, 2.24) is 10.3 Å². The molecular weight excluding hydrogens is 260 g/mol. The molecule has 0 saturated carbocycles. The quantitative estimate of drug-likeness (QED) is 0.526. The molecule has 0 aliphatic heterocycles. The van der Waals surface area contributed by atoms with E-state index >= 15 is 0 Å². The Balaban J connectivity index is 2.26. The minimum absolute atomic E-state index is 0.120. The van der Waals surface area contributed by atoms with Gasteiger partial charge in [-0.3, -0.25) is 4.79 Å². The summed E-state index contributed by atoms with van der Waals surface area (Å²) in [4.78, 5) is 16.4. The average molecular weight is 275 g/mol. The number of benzene rings is 1. The lowest BCUT2D eigenvalue weighted by molar-refractivity contribution is 0.0956. The molecule has 0 bridgehead atoms. The van der Waals surface area contributed by atoms with Gasteiger partial charge in [0.25, 0.3) is 5.91 Å². The predicted molar refractivity (Wildman–Crippen MR) is 78.5 cm³/mol. The van der Waals surface area contributed by atoms with Crippen LogP contribution in [0.25, 0.3) is 10.9 Å². The van der Waals surface area contributed by atoms with Crippen molar-refractivity contribution in [2.75, 3.05) is 6.54 Å². The predicted octanol–water partition coefficient (Wildman–Crippen LogP) is 3.58. The number of nitrogens with one attached hydrogen (secondary N) is 1. The lowest BCUT2D eigenvalue weighted by atomic mass is 10.1. The first kappa shape index (κ1) is 13.6. The van der Waals surface area contributed by atoms with Gasteiger partial charge in [0, 0.05) is 11.9 Å². The van der Waals surface area contributed by atoms with Gasteiger partial charge in [0.2, 0.25) is 0 Å². The number of carbonyl (C=O) groups excluding carboxylic acids is 1. The zero-order valence-corrected chi connectivity index (χ0v) is 11.4. The normalized spacial score (nSPS) is 11.1. The first-order valence-corrected chi connectivity index (χ1v) is 6.55. The molecule has 0 saturated heterocycles. The van der Waals surface area contributed by atoms with Gasteiger partial charge in [-0.2, -0.15) is 0 Å². The van der Waals surface area contributed by atoms with Crippen LogP contribution < -0.4 is 5.32 Å². The molecule has 4 heteroatoms. The number of nitrogens with zero attached hydrogens (tertiary/aromatic N) is 1. The second kappa shape index (κ2) is 6.34. The molecule has 1 heterocycles. The Bertz CT molecular complexity index is 623. The van der Waals surface area contributed by atoms with E-state index in [2.05, 4.69) is 10.3 Å².